The average Bonchev–Trinajstić information content (AvgIpc) is 3.10. The van der Waals surface area contributed by atoms with Crippen LogP contribution in [-0.2, 0) is 6.54 Å². The lowest BCUT2D eigenvalue weighted by Crippen LogP contribution is -2.38. The van der Waals surface area contributed by atoms with Crippen molar-refractivity contribution in [2.45, 2.75) is 39.3 Å². The van der Waals surface area contributed by atoms with E-state index in [2.05, 4.69) is 30.0 Å². The molecule has 1 aromatic heterocycles. The van der Waals surface area contributed by atoms with E-state index >= 15 is 0 Å². The third-order valence-corrected chi connectivity index (χ3v) is 4.89. The maximum atomic E-state index is 13.6. The third-order valence-electron chi connectivity index (χ3n) is 4.89. The molecular weight excluding hydrogens is 333 g/mol. The Morgan fingerprint density at radius 2 is 2.23 bits per heavy atom. The second kappa shape index (κ2) is 7.99. The summed E-state index contributed by atoms with van der Waals surface area (Å²) in [5, 5.41) is 4.38. The predicted molar refractivity (Wildman–Crippen MR) is 97.9 cm³/mol. The van der Waals surface area contributed by atoms with Crippen LogP contribution in [0.2, 0.25) is 0 Å². The Labute approximate surface area is 153 Å². The van der Waals surface area contributed by atoms with Crippen molar-refractivity contribution in [1.82, 2.24) is 14.7 Å². The van der Waals surface area contributed by atoms with Gasteiger partial charge in [0.15, 0.2) is 5.78 Å². The molecule has 6 heteroatoms. The quantitative estimate of drug-likeness (QED) is 0.738. The Hall–Kier alpha value is -2.21. The number of aromatic nitrogens is 2. The van der Waals surface area contributed by atoms with Crippen LogP contribution in [0.4, 0.5) is 4.39 Å². The van der Waals surface area contributed by atoms with Crippen LogP contribution in [-0.4, -0.2) is 40.7 Å². The summed E-state index contributed by atoms with van der Waals surface area (Å²) in [5.41, 5.74) is 1.49. The fourth-order valence-electron chi connectivity index (χ4n) is 3.51. The van der Waals surface area contributed by atoms with Gasteiger partial charge in [-0.25, -0.2) is 4.39 Å². The molecule has 140 valence electrons. The van der Waals surface area contributed by atoms with Gasteiger partial charge in [0.05, 0.1) is 18.9 Å². The molecule has 0 N–H and O–H groups in total. The van der Waals surface area contributed by atoms with Gasteiger partial charge in [0.1, 0.15) is 11.6 Å². The van der Waals surface area contributed by atoms with Crippen LogP contribution in [0.5, 0.6) is 5.75 Å². The predicted octanol–water partition coefficient (Wildman–Crippen LogP) is 3.71. The molecule has 0 aliphatic carbocycles. The van der Waals surface area contributed by atoms with E-state index in [9.17, 15) is 9.18 Å². The molecule has 2 aromatic rings. The molecular formula is C20H26FN3O2. The largest absolute Gasteiger partial charge is 0.496 e. The number of piperidine rings is 1. The fraction of sp³-hybridized carbons (Fsp3) is 0.500. The topological polar surface area (TPSA) is 47.4 Å². The first-order valence-corrected chi connectivity index (χ1v) is 9.11. The van der Waals surface area contributed by atoms with Crippen LogP contribution in [0.1, 0.15) is 48.7 Å². The van der Waals surface area contributed by atoms with Gasteiger partial charge in [-0.15, -0.1) is 0 Å². The van der Waals surface area contributed by atoms with Gasteiger partial charge in [-0.05, 0) is 51.4 Å². The van der Waals surface area contributed by atoms with E-state index in [1.165, 1.54) is 25.3 Å². The van der Waals surface area contributed by atoms with E-state index in [1.54, 1.807) is 0 Å². The van der Waals surface area contributed by atoms with Crippen molar-refractivity contribution in [3.05, 3.63) is 47.5 Å². The molecule has 1 aliphatic rings. The number of hydrogen-bond acceptors (Lipinski definition) is 4. The third kappa shape index (κ3) is 4.12. The monoisotopic (exact) mass is 359 g/mol. The van der Waals surface area contributed by atoms with Crippen LogP contribution in [0.3, 0.4) is 0 Å². The smallest absolute Gasteiger partial charge is 0.171 e. The van der Waals surface area contributed by atoms with Crippen molar-refractivity contribution in [2.24, 2.45) is 5.92 Å². The van der Waals surface area contributed by atoms with Gasteiger partial charge in [0.2, 0.25) is 0 Å². The van der Waals surface area contributed by atoms with Crippen LogP contribution >= 0.6 is 0 Å². The highest BCUT2D eigenvalue weighted by molar-refractivity contribution is 6.00. The Kier molecular flexibility index (Phi) is 5.71. The first-order valence-electron chi connectivity index (χ1n) is 9.11. The number of ketones is 1. The summed E-state index contributed by atoms with van der Waals surface area (Å²) in [7, 11) is 1.50. The summed E-state index contributed by atoms with van der Waals surface area (Å²) in [6.07, 6.45) is 5.72. The molecule has 0 bridgehead atoms. The average molecular weight is 359 g/mol. The summed E-state index contributed by atoms with van der Waals surface area (Å²) < 4.78 is 20.8. The Bertz CT molecular complexity index is 772. The number of carbonyl (C=O) groups excluding carboxylic acids is 1. The SMILES string of the molecule is COc1ccc(F)cc1C(=O)C1CCCN(Cc2cnn(C(C)C)c2)C1. The molecule has 0 saturated carbocycles. The molecule has 2 heterocycles. The van der Waals surface area contributed by atoms with Crippen molar-refractivity contribution in [3.8, 4) is 5.75 Å². The van der Waals surface area contributed by atoms with Crippen LogP contribution in [0.25, 0.3) is 0 Å². The maximum absolute atomic E-state index is 13.6. The minimum Gasteiger partial charge on any atom is -0.496 e. The van der Waals surface area contributed by atoms with E-state index in [1.807, 2.05) is 10.9 Å². The fourth-order valence-corrected chi connectivity index (χ4v) is 3.51. The van der Waals surface area contributed by atoms with Crippen molar-refractivity contribution < 1.29 is 13.9 Å². The number of carbonyl (C=O) groups is 1. The molecule has 1 saturated heterocycles. The van der Waals surface area contributed by atoms with Crippen LogP contribution < -0.4 is 4.74 Å². The molecule has 1 atom stereocenters. The minimum absolute atomic E-state index is 0.0380. The Balaban J connectivity index is 1.69. The molecule has 1 aliphatic heterocycles. The highest BCUT2D eigenvalue weighted by Gasteiger charge is 2.28. The first kappa shape index (κ1) is 18.6. The maximum Gasteiger partial charge on any atom is 0.171 e. The normalized spacial score (nSPS) is 18.3. The molecule has 0 spiro atoms. The lowest BCUT2D eigenvalue weighted by atomic mass is 9.89. The molecule has 0 amide bonds. The second-order valence-corrected chi connectivity index (χ2v) is 7.21. The number of hydrogen-bond donors (Lipinski definition) is 0. The van der Waals surface area contributed by atoms with Gasteiger partial charge < -0.3 is 4.74 Å². The number of methoxy groups -OCH3 is 1. The van der Waals surface area contributed by atoms with Gasteiger partial charge in [0.25, 0.3) is 0 Å². The summed E-state index contributed by atoms with van der Waals surface area (Å²) in [4.78, 5) is 15.2. The van der Waals surface area contributed by atoms with Crippen LogP contribution in [0, 0.1) is 11.7 Å². The van der Waals surface area contributed by atoms with E-state index in [-0.39, 0.29) is 11.7 Å². The molecule has 3 rings (SSSR count). The summed E-state index contributed by atoms with van der Waals surface area (Å²) in [6.45, 7) is 6.59. The van der Waals surface area contributed by atoms with Gasteiger partial charge in [-0.1, -0.05) is 0 Å². The zero-order chi connectivity index (χ0) is 18.7. The van der Waals surface area contributed by atoms with Crippen molar-refractivity contribution >= 4 is 5.78 Å². The lowest BCUT2D eigenvalue weighted by Gasteiger charge is -2.31. The van der Waals surface area contributed by atoms with Gasteiger partial charge in [-0.2, -0.15) is 5.10 Å². The second-order valence-electron chi connectivity index (χ2n) is 7.21. The highest BCUT2D eigenvalue weighted by Crippen LogP contribution is 2.27. The van der Waals surface area contributed by atoms with E-state index < -0.39 is 5.82 Å². The molecule has 1 aromatic carbocycles. The van der Waals surface area contributed by atoms with Crippen molar-refractivity contribution in [1.29, 1.82) is 0 Å². The Morgan fingerprint density at radius 3 is 2.92 bits per heavy atom. The molecule has 1 unspecified atom stereocenters. The lowest BCUT2D eigenvalue weighted by molar-refractivity contribution is 0.0808. The number of nitrogens with zero attached hydrogens (tertiary/aromatic N) is 3. The van der Waals surface area contributed by atoms with Crippen molar-refractivity contribution in [3.63, 3.8) is 0 Å². The molecule has 5 nitrogen and oxygen atoms in total. The minimum atomic E-state index is -0.414. The number of benzene rings is 1. The van der Waals surface area contributed by atoms with Crippen LogP contribution in [0.15, 0.2) is 30.6 Å². The standard InChI is InChI=1S/C20H26FN3O2/c1-14(2)24-12-15(10-22-24)11-23-8-4-5-16(13-23)20(25)18-9-17(21)6-7-19(18)26-3/h6-7,9-10,12,14,16H,4-5,8,11,13H2,1-3H3. The summed E-state index contributed by atoms with van der Waals surface area (Å²) >= 11 is 0. The van der Waals surface area contributed by atoms with E-state index in [0.29, 0.717) is 23.9 Å². The number of ether oxygens (including phenoxy) is 1. The molecule has 26 heavy (non-hydrogen) atoms. The highest BCUT2D eigenvalue weighted by atomic mass is 19.1. The number of halogens is 1. The van der Waals surface area contributed by atoms with E-state index in [0.717, 1.165) is 31.5 Å². The molecule has 0 radical (unpaired) electrons. The van der Waals surface area contributed by atoms with Gasteiger partial charge in [0, 0.05) is 36.8 Å². The van der Waals surface area contributed by atoms with Gasteiger partial charge >= 0.3 is 0 Å². The summed E-state index contributed by atoms with van der Waals surface area (Å²) in [6, 6.07) is 4.45. The number of likely N-dealkylation sites (tertiary alicyclic amines) is 1. The van der Waals surface area contributed by atoms with Crippen molar-refractivity contribution in [2.75, 3.05) is 20.2 Å². The number of rotatable bonds is 6. The van der Waals surface area contributed by atoms with Gasteiger partial charge in [-0.3, -0.25) is 14.4 Å². The van der Waals surface area contributed by atoms with E-state index in [4.69, 9.17) is 4.74 Å². The first-order chi connectivity index (χ1) is 12.5. The zero-order valence-electron chi connectivity index (χ0n) is 15.6. The zero-order valence-corrected chi connectivity index (χ0v) is 15.6. The Morgan fingerprint density at radius 1 is 1.42 bits per heavy atom. The molecule has 1 fully saturated rings. The number of Topliss-reactive ketones (excluding diaryl/α,β-unsaturated/α-hetero) is 1. The summed E-state index contributed by atoms with van der Waals surface area (Å²) in [5.74, 6) is -0.154.